The van der Waals surface area contributed by atoms with Crippen molar-refractivity contribution in [1.29, 1.82) is 0 Å². The fourth-order valence-corrected chi connectivity index (χ4v) is 2.78. The van der Waals surface area contributed by atoms with E-state index in [9.17, 15) is 4.39 Å². The first kappa shape index (κ1) is 17.8. The number of rotatable bonds is 4. The molecule has 0 amide bonds. The van der Waals surface area contributed by atoms with Crippen molar-refractivity contribution in [3.05, 3.63) is 47.4 Å². The summed E-state index contributed by atoms with van der Waals surface area (Å²) >= 11 is 0. The van der Waals surface area contributed by atoms with Gasteiger partial charge in [0.25, 0.3) is 0 Å². The number of nitrogens with zero attached hydrogens (tertiary/aromatic N) is 3. The summed E-state index contributed by atoms with van der Waals surface area (Å²) in [6.07, 6.45) is 0.679. The predicted octanol–water partition coefficient (Wildman–Crippen LogP) is 2.55. The van der Waals surface area contributed by atoms with Crippen molar-refractivity contribution in [2.24, 2.45) is 0 Å². The molecule has 23 heavy (non-hydrogen) atoms. The van der Waals surface area contributed by atoms with Gasteiger partial charge in [-0.25, -0.2) is 4.39 Å². The van der Waals surface area contributed by atoms with Crippen molar-refractivity contribution in [3.63, 3.8) is 0 Å². The van der Waals surface area contributed by atoms with Gasteiger partial charge in [0.15, 0.2) is 5.82 Å². The Labute approximate surface area is 141 Å². The summed E-state index contributed by atoms with van der Waals surface area (Å²) in [4.78, 5) is 6.77. The van der Waals surface area contributed by atoms with Crippen molar-refractivity contribution in [2.75, 3.05) is 26.7 Å². The van der Waals surface area contributed by atoms with Crippen molar-refractivity contribution in [1.82, 2.24) is 20.4 Å². The zero-order valence-corrected chi connectivity index (χ0v) is 14.1. The fraction of sp³-hybridized carbons (Fsp3) is 0.500. The minimum absolute atomic E-state index is 0. The maximum atomic E-state index is 13.2. The molecule has 3 rings (SSSR count). The molecule has 0 bridgehead atoms. The minimum Gasteiger partial charge on any atom is -0.339 e. The van der Waals surface area contributed by atoms with E-state index in [4.69, 9.17) is 4.52 Å². The van der Waals surface area contributed by atoms with Crippen LogP contribution < -0.4 is 5.32 Å². The highest BCUT2D eigenvalue weighted by Crippen LogP contribution is 2.23. The van der Waals surface area contributed by atoms with E-state index in [1.807, 2.05) is 13.0 Å². The van der Waals surface area contributed by atoms with E-state index in [1.54, 1.807) is 12.1 Å². The largest absolute Gasteiger partial charge is 0.339 e. The van der Waals surface area contributed by atoms with Crippen LogP contribution in [0, 0.1) is 5.82 Å². The highest BCUT2D eigenvalue weighted by molar-refractivity contribution is 5.85. The van der Waals surface area contributed by atoms with Gasteiger partial charge < -0.3 is 9.84 Å². The molecular formula is C16H22ClFN4O. The van der Waals surface area contributed by atoms with Gasteiger partial charge in [-0.15, -0.1) is 12.4 Å². The lowest BCUT2D eigenvalue weighted by Crippen LogP contribution is -2.44. The number of piperazine rings is 1. The summed E-state index contributed by atoms with van der Waals surface area (Å²) in [7, 11) is 2.07. The molecule has 2 unspecified atom stereocenters. The van der Waals surface area contributed by atoms with Crippen LogP contribution in [0.15, 0.2) is 28.8 Å². The smallest absolute Gasteiger partial charge is 0.229 e. The maximum Gasteiger partial charge on any atom is 0.229 e. The SMILES string of the molecule is CC(Cc1cccc(F)c1)c1nc(C2CNCCN2C)no1.Cl. The molecule has 2 heterocycles. The molecule has 1 aromatic carbocycles. The maximum absolute atomic E-state index is 13.2. The molecule has 0 saturated carbocycles. The van der Waals surface area contributed by atoms with Crippen LogP contribution >= 0.6 is 12.4 Å². The lowest BCUT2D eigenvalue weighted by Gasteiger charge is -2.30. The van der Waals surface area contributed by atoms with Gasteiger partial charge in [0, 0.05) is 25.6 Å². The summed E-state index contributed by atoms with van der Waals surface area (Å²) < 4.78 is 18.7. The zero-order valence-electron chi connectivity index (χ0n) is 13.3. The Morgan fingerprint density at radius 1 is 1.48 bits per heavy atom. The molecule has 0 radical (unpaired) electrons. The van der Waals surface area contributed by atoms with Crippen LogP contribution in [-0.2, 0) is 6.42 Å². The van der Waals surface area contributed by atoms with Gasteiger partial charge in [-0.3, -0.25) is 4.90 Å². The van der Waals surface area contributed by atoms with Gasteiger partial charge >= 0.3 is 0 Å². The Kier molecular flexibility index (Phi) is 6.10. The Bertz CT molecular complexity index is 636. The highest BCUT2D eigenvalue weighted by atomic mass is 35.5. The highest BCUT2D eigenvalue weighted by Gasteiger charge is 2.26. The molecular weight excluding hydrogens is 319 g/mol. The average molecular weight is 341 g/mol. The first-order valence-corrected chi connectivity index (χ1v) is 7.62. The minimum atomic E-state index is -0.217. The molecule has 1 saturated heterocycles. The van der Waals surface area contributed by atoms with Crippen LogP contribution in [0.25, 0.3) is 0 Å². The molecule has 7 heteroatoms. The molecule has 126 valence electrons. The van der Waals surface area contributed by atoms with Crippen LogP contribution in [0.1, 0.15) is 36.2 Å². The van der Waals surface area contributed by atoms with Crippen molar-refractivity contribution in [3.8, 4) is 0 Å². The van der Waals surface area contributed by atoms with Crippen LogP contribution in [0.5, 0.6) is 0 Å². The number of hydrogen-bond donors (Lipinski definition) is 1. The Morgan fingerprint density at radius 2 is 2.30 bits per heavy atom. The average Bonchev–Trinajstić information content (AvgIpc) is 2.97. The molecule has 0 spiro atoms. The number of halogens is 2. The summed E-state index contributed by atoms with van der Waals surface area (Å²) in [6.45, 7) is 4.79. The van der Waals surface area contributed by atoms with Crippen molar-refractivity contribution < 1.29 is 8.91 Å². The number of nitrogens with one attached hydrogen (secondary N) is 1. The number of benzene rings is 1. The van der Waals surface area contributed by atoms with Gasteiger partial charge in [-0.2, -0.15) is 4.98 Å². The van der Waals surface area contributed by atoms with Gasteiger partial charge in [0.05, 0.1) is 6.04 Å². The van der Waals surface area contributed by atoms with Gasteiger partial charge in [-0.1, -0.05) is 24.2 Å². The molecule has 1 fully saturated rings. The molecule has 1 N–H and O–H groups in total. The number of likely N-dealkylation sites (N-methyl/N-ethyl adjacent to an activating group) is 1. The third-order valence-corrected chi connectivity index (χ3v) is 4.12. The third kappa shape index (κ3) is 4.28. The fourth-order valence-electron chi connectivity index (χ4n) is 2.78. The molecule has 2 aromatic rings. The first-order chi connectivity index (χ1) is 10.6. The van der Waals surface area contributed by atoms with Gasteiger partial charge in [0.2, 0.25) is 5.89 Å². The van der Waals surface area contributed by atoms with Gasteiger partial charge in [-0.05, 0) is 31.2 Å². The Hall–Kier alpha value is -1.50. The van der Waals surface area contributed by atoms with Crippen LogP contribution in [0.2, 0.25) is 0 Å². The molecule has 2 atom stereocenters. The molecule has 5 nitrogen and oxygen atoms in total. The Morgan fingerprint density at radius 3 is 3.04 bits per heavy atom. The normalized spacial score (nSPS) is 20.0. The van der Waals surface area contributed by atoms with E-state index in [0.29, 0.717) is 12.3 Å². The summed E-state index contributed by atoms with van der Waals surface area (Å²) in [5.74, 6) is 1.17. The second kappa shape index (κ2) is 7.86. The van der Waals surface area contributed by atoms with Gasteiger partial charge in [0.1, 0.15) is 5.82 Å². The third-order valence-electron chi connectivity index (χ3n) is 4.12. The molecule has 1 aliphatic rings. The zero-order chi connectivity index (χ0) is 15.5. The van der Waals surface area contributed by atoms with E-state index in [2.05, 4.69) is 27.4 Å². The summed E-state index contributed by atoms with van der Waals surface area (Å²) in [6, 6.07) is 6.78. The molecule has 1 aromatic heterocycles. The summed E-state index contributed by atoms with van der Waals surface area (Å²) in [5, 5.41) is 7.47. The lowest BCUT2D eigenvalue weighted by molar-refractivity contribution is 0.190. The second-order valence-corrected chi connectivity index (χ2v) is 5.93. The van der Waals surface area contributed by atoms with Crippen molar-refractivity contribution in [2.45, 2.75) is 25.3 Å². The Balaban J connectivity index is 0.00000192. The van der Waals surface area contributed by atoms with E-state index in [0.717, 1.165) is 31.0 Å². The lowest BCUT2D eigenvalue weighted by atomic mass is 10.0. The second-order valence-electron chi connectivity index (χ2n) is 5.93. The van der Waals surface area contributed by atoms with Crippen LogP contribution in [0.4, 0.5) is 4.39 Å². The van der Waals surface area contributed by atoms with E-state index >= 15 is 0 Å². The number of hydrogen-bond acceptors (Lipinski definition) is 5. The van der Waals surface area contributed by atoms with E-state index in [1.165, 1.54) is 6.07 Å². The van der Waals surface area contributed by atoms with E-state index in [-0.39, 0.29) is 30.2 Å². The van der Waals surface area contributed by atoms with Crippen molar-refractivity contribution >= 4 is 12.4 Å². The monoisotopic (exact) mass is 340 g/mol. The molecule has 1 aliphatic heterocycles. The quantitative estimate of drug-likeness (QED) is 0.927. The van der Waals surface area contributed by atoms with E-state index < -0.39 is 0 Å². The summed E-state index contributed by atoms with van der Waals surface area (Å²) in [5.41, 5.74) is 0.934. The van der Waals surface area contributed by atoms with Crippen LogP contribution in [0.3, 0.4) is 0 Å². The number of aromatic nitrogens is 2. The first-order valence-electron chi connectivity index (χ1n) is 7.62. The topological polar surface area (TPSA) is 54.2 Å². The van der Waals surface area contributed by atoms with Crippen LogP contribution in [-0.4, -0.2) is 41.7 Å². The molecule has 0 aliphatic carbocycles. The standard InChI is InChI=1S/C16H21FN4O.ClH/c1-11(8-12-4-3-5-13(17)9-12)16-19-15(20-22-16)14-10-18-6-7-21(14)2;/h3-5,9,11,14,18H,6-8,10H2,1-2H3;1H. The predicted molar refractivity (Wildman–Crippen MR) is 88.3 cm³/mol.